The summed E-state index contributed by atoms with van der Waals surface area (Å²) in [5.74, 6) is 0. The van der Waals surface area contributed by atoms with Crippen molar-refractivity contribution < 1.29 is 38.6 Å². The van der Waals surface area contributed by atoms with Crippen LogP contribution in [-0.4, -0.2) is 29.1 Å². The van der Waals surface area contributed by atoms with Gasteiger partial charge in [0.2, 0.25) is 0 Å². The van der Waals surface area contributed by atoms with E-state index in [9.17, 15) is 0 Å². The molecule has 0 saturated heterocycles. The summed E-state index contributed by atoms with van der Waals surface area (Å²) in [7, 11) is 0. The van der Waals surface area contributed by atoms with Crippen LogP contribution in [0, 0.1) is 0 Å². The molecule has 8 heavy (non-hydrogen) atoms. The van der Waals surface area contributed by atoms with E-state index in [-0.39, 0.29) is 31.0 Å². The third-order valence-corrected chi connectivity index (χ3v) is 1.72. The fraction of sp³-hybridized carbons (Fsp3) is 1.00. The summed E-state index contributed by atoms with van der Waals surface area (Å²) in [6, 6.07) is 0. The molecule has 0 fully saturated rings. The van der Waals surface area contributed by atoms with Crippen LogP contribution in [0.2, 0.25) is 0 Å². The van der Waals surface area contributed by atoms with Gasteiger partial charge in [0.05, 0.1) is 0 Å². The fourth-order valence-corrected chi connectivity index (χ4v) is 0.677. The first-order chi connectivity index (χ1) is 3.41. The Morgan fingerprint density at radius 1 is 1.25 bits per heavy atom. The van der Waals surface area contributed by atoms with Crippen molar-refractivity contribution in [1.29, 1.82) is 0 Å². The zero-order chi connectivity index (χ0) is 5.54. The van der Waals surface area contributed by atoms with Crippen molar-refractivity contribution in [3.63, 3.8) is 0 Å². The molecule has 0 aliphatic carbocycles. The van der Waals surface area contributed by atoms with Gasteiger partial charge in [-0.15, -0.1) is 0 Å². The van der Waals surface area contributed by atoms with Crippen LogP contribution in [0.15, 0.2) is 0 Å². The molecule has 0 bridgehead atoms. The van der Waals surface area contributed by atoms with Gasteiger partial charge in [-0.05, 0) is 13.8 Å². The summed E-state index contributed by atoms with van der Waals surface area (Å²) in [6.07, 6.45) is 0. The Balaban J connectivity index is -0.000000180. The first-order valence-corrected chi connectivity index (χ1v) is 3.72. The first kappa shape index (κ1) is 12.2. The van der Waals surface area contributed by atoms with Crippen LogP contribution >= 0.6 is 0 Å². The molecule has 0 aliphatic rings. The Morgan fingerprint density at radius 2 is 1.62 bits per heavy atom. The molecular formula is C4H12AlNaO2. The molecule has 0 heterocycles. The van der Waals surface area contributed by atoms with Gasteiger partial charge in [0.25, 0.3) is 0 Å². The summed E-state index contributed by atoms with van der Waals surface area (Å²) in [6.45, 7) is 5.55. The second-order valence-corrected chi connectivity index (χ2v) is 2.16. The summed E-state index contributed by atoms with van der Waals surface area (Å²) >= 11 is -0.589. The van der Waals surface area contributed by atoms with Crippen LogP contribution in [-0.2, 0) is 7.58 Å². The molecule has 0 amide bonds. The predicted octanol–water partition coefficient (Wildman–Crippen LogP) is -2.56. The molecule has 0 atom stereocenters. The summed E-state index contributed by atoms with van der Waals surface area (Å²) in [5, 5.41) is 0. The van der Waals surface area contributed by atoms with E-state index in [0.29, 0.717) is 0 Å². The fourth-order valence-electron chi connectivity index (χ4n) is 0.226. The molecule has 44 valence electrons. The van der Waals surface area contributed by atoms with Gasteiger partial charge in [-0.25, -0.2) is 0 Å². The summed E-state index contributed by atoms with van der Waals surface area (Å²) in [5.41, 5.74) is 0. The smallest absolute Gasteiger partial charge is 1.00 e. The van der Waals surface area contributed by atoms with Crippen LogP contribution in [0.3, 0.4) is 0 Å². The Labute approximate surface area is 81.1 Å². The van der Waals surface area contributed by atoms with Crippen LogP contribution in [0.5, 0.6) is 0 Å². The van der Waals surface area contributed by atoms with Crippen LogP contribution in [0.1, 0.15) is 15.3 Å². The van der Waals surface area contributed by atoms with E-state index in [1.54, 1.807) is 0 Å². The minimum atomic E-state index is -0.589. The predicted molar refractivity (Wildman–Crippen MR) is 31.5 cm³/mol. The Morgan fingerprint density at radius 3 is 1.88 bits per heavy atom. The van der Waals surface area contributed by atoms with Crippen molar-refractivity contribution in [3.8, 4) is 0 Å². The van der Waals surface area contributed by atoms with Gasteiger partial charge in [-0.1, -0.05) is 0 Å². The van der Waals surface area contributed by atoms with Crippen molar-refractivity contribution >= 4 is 15.9 Å². The monoisotopic (exact) mass is 142 g/mol. The van der Waals surface area contributed by atoms with Gasteiger partial charge in [-0.2, -0.15) is 0 Å². The molecule has 0 radical (unpaired) electrons. The third-order valence-electron chi connectivity index (χ3n) is 0.575. The molecule has 4 heteroatoms. The standard InChI is InChI=1S/2C2H5O.Al.Na.2H/c2*1-2-3;;;;/h2*2H2,1H3;;;;/q2*-1;+2;+1;;-1. The zero-order valence-corrected chi connectivity index (χ0v) is 9.35. The molecule has 0 saturated carbocycles. The second-order valence-electron chi connectivity index (χ2n) is 1.10. The molecule has 2 nitrogen and oxygen atoms in total. The normalized spacial score (nSPS) is 7.75. The third kappa shape index (κ3) is 10.4. The van der Waals surface area contributed by atoms with E-state index in [4.69, 9.17) is 7.58 Å². The molecule has 0 aliphatic heterocycles. The topological polar surface area (TPSA) is 18.5 Å². The maximum absolute atomic E-state index is 4.99. The van der Waals surface area contributed by atoms with Crippen LogP contribution in [0.4, 0.5) is 0 Å². The van der Waals surface area contributed by atoms with Crippen molar-refractivity contribution in [2.24, 2.45) is 0 Å². The first-order valence-electron chi connectivity index (χ1n) is 2.57. The number of hydrogen-bond donors (Lipinski definition) is 0. The number of hydrogen-bond acceptors (Lipinski definition) is 2. The molecule has 0 spiro atoms. The zero-order valence-electron chi connectivity index (χ0n) is 6.94. The average Bonchev–Trinajstić information content (AvgIpc) is 1.69. The molecule has 0 N–H and O–H groups in total. The van der Waals surface area contributed by atoms with Crippen molar-refractivity contribution in [2.45, 2.75) is 13.8 Å². The summed E-state index contributed by atoms with van der Waals surface area (Å²) < 4.78 is 9.98. The molecule has 0 aromatic rings. The van der Waals surface area contributed by atoms with Crippen molar-refractivity contribution in [2.75, 3.05) is 13.2 Å². The Hall–Kier alpha value is 1.45. The Bertz CT molecular complexity index is 37.7. The van der Waals surface area contributed by atoms with Crippen LogP contribution < -0.4 is 29.6 Å². The SMILES string of the molecule is CC[O][AlH][O]CC.[H-].[Na+]. The van der Waals surface area contributed by atoms with Gasteiger partial charge in [0.1, 0.15) is 0 Å². The molecular weight excluding hydrogens is 130 g/mol. The van der Waals surface area contributed by atoms with Crippen molar-refractivity contribution in [3.05, 3.63) is 0 Å². The minimum Gasteiger partial charge on any atom is -1.00 e. The van der Waals surface area contributed by atoms with E-state index in [2.05, 4.69) is 0 Å². The second kappa shape index (κ2) is 11.3. The van der Waals surface area contributed by atoms with E-state index in [1.807, 2.05) is 13.8 Å². The molecule has 0 aromatic heterocycles. The Kier molecular flexibility index (Phi) is 17.1. The number of rotatable bonds is 4. The minimum absolute atomic E-state index is 0. The van der Waals surface area contributed by atoms with Crippen LogP contribution in [0.25, 0.3) is 0 Å². The van der Waals surface area contributed by atoms with E-state index < -0.39 is 15.9 Å². The van der Waals surface area contributed by atoms with E-state index >= 15 is 0 Å². The van der Waals surface area contributed by atoms with E-state index in [1.165, 1.54) is 0 Å². The van der Waals surface area contributed by atoms with Gasteiger partial charge in [-0.3, -0.25) is 0 Å². The largest absolute Gasteiger partial charge is 1.00 e. The van der Waals surface area contributed by atoms with Crippen molar-refractivity contribution in [1.82, 2.24) is 0 Å². The van der Waals surface area contributed by atoms with Gasteiger partial charge in [0.15, 0.2) is 0 Å². The maximum Gasteiger partial charge on any atom is 1.00 e. The van der Waals surface area contributed by atoms with Gasteiger partial charge < -0.3 is 9.00 Å². The molecule has 0 rings (SSSR count). The quantitative estimate of drug-likeness (QED) is 0.317. The maximum atomic E-state index is 4.99. The molecule has 0 unspecified atom stereocenters. The molecule has 0 aromatic carbocycles. The van der Waals surface area contributed by atoms with Gasteiger partial charge in [0, 0.05) is 13.2 Å². The average molecular weight is 142 g/mol. The van der Waals surface area contributed by atoms with E-state index in [0.717, 1.165) is 13.2 Å². The summed E-state index contributed by atoms with van der Waals surface area (Å²) in [4.78, 5) is 0. The van der Waals surface area contributed by atoms with Gasteiger partial charge >= 0.3 is 45.4 Å².